The van der Waals surface area contributed by atoms with Crippen LogP contribution in [0.1, 0.15) is 16.7 Å². The van der Waals surface area contributed by atoms with E-state index in [2.05, 4.69) is 0 Å². The summed E-state index contributed by atoms with van der Waals surface area (Å²) >= 11 is 1.51. The van der Waals surface area contributed by atoms with Crippen LogP contribution in [0.3, 0.4) is 0 Å². The Kier molecular flexibility index (Phi) is 4.92. The van der Waals surface area contributed by atoms with Crippen molar-refractivity contribution < 1.29 is 14.3 Å². The minimum Gasteiger partial charge on any atom is -0.454 e. The maximum absolute atomic E-state index is 13.5. The molecule has 5 rings (SSSR count). The number of aromatic nitrogens is 1. The number of thiazole rings is 1. The second kappa shape index (κ2) is 7.89. The molecule has 31 heavy (non-hydrogen) atoms. The second-order valence-electron chi connectivity index (χ2n) is 7.32. The van der Waals surface area contributed by atoms with Crippen LogP contribution in [0.2, 0.25) is 0 Å². The molecule has 0 N–H and O–H groups in total. The highest BCUT2D eigenvalue weighted by Gasteiger charge is 2.23. The Bertz CT molecular complexity index is 1270. The maximum atomic E-state index is 13.5. The van der Waals surface area contributed by atoms with E-state index in [1.807, 2.05) is 74.5 Å². The highest BCUT2D eigenvalue weighted by atomic mass is 32.1. The number of carbonyl (C=O) groups excluding carboxylic acids is 1. The summed E-state index contributed by atoms with van der Waals surface area (Å²) in [6, 6.07) is 19.6. The summed E-state index contributed by atoms with van der Waals surface area (Å²) in [6.45, 7) is 4.24. The van der Waals surface area contributed by atoms with Crippen molar-refractivity contribution in [3.63, 3.8) is 0 Å². The minimum atomic E-state index is -0.158. The van der Waals surface area contributed by atoms with Crippen molar-refractivity contribution in [1.29, 1.82) is 0 Å². The van der Waals surface area contributed by atoms with E-state index < -0.39 is 0 Å². The van der Waals surface area contributed by atoms with Gasteiger partial charge < -0.3 is 9.47 Å². The molecule has 0 fully saturated rings. The number of aryl methyl sites for hydroxylation is 2. The van der Waals surface area contributed by atoms with Crippen LogP contribution in [0.25, 0.3) is 16.3 Å². The van der Waals surface area contributed by atoms with Gasteiger partial charge in [0.2, 0.25) is 6.79 Å². The van der Waals surface area contributed by atoms with E-state index in [9.17, 15) is 4.79 Å². The van der Waals surface area contributed by atoms with Crippen LogP contribution in [0, 0.1) is 13.8 Å². The number of rotatable bonds is 4. The first kappa shape index (κ1) is 19.3. The van der Waals surface area contributed by atoms with E-state index in [0.717, 1.165) is 38.3 Å². The normalized spacial score (nSPS) is 12.6. The number of hydrogen-bond donors (Lipinski definition) is 0. The first-order valence-corrected chi connectivity index (χ1v) is 10.8. The molecule has 5 nitrogen and oxygen atoms in total. The van der Waals surface area contributed by atoms with Gasteiger partial charge in [-0.1, -0.05) is 47.7 Å². The van der Waals surface area contributed by atoms with Crippen LogP contribution in [0.4, 0.5) is 10.8 Å². The van der Waals surface area contributed by atoms with Crippen LogP contribution in [0.15, 0.2) is 66.7 Å². The van der Waals surface area contributed by atoms with Gasteiger partial charge in [0.1, 0.15) is 0 Å². The lowest BCUT2D eigenvalue weighted by Crippen LogP contribution is -2.25. The third-order valence-electron chi connectivity index (χ3n) is 5.17. The van der Waals surface area contributed by atoms with Crippen LogP contribution in [0.5, 0.6) is 11.5 Å². The van der Waals surface area contributed by atoms with Crippen molar-refractivity contribution >= 4 is 44.4 Å². The van der Waals surface area contributed by atoms with Gasteiger partial charge in [0, 0.05) is 6.08 Å². The quantitative estimate of drug-likeness (QED) is 0.373. The predicted molar refractivity (Wildman–Crippen MR) is 124 cm³/mol. The number of carbonyl (C=O) groups is 1. The van der Waals surface area contributed by atoms with Crippen LogP contribution in [-0.2, 0) is 4.79 Å². The van der Waals surface area contributed by atoms with E-state index >= 15 is 0 Å². The summed E-state index contributed by atoms with van der Waals surface area (Å²) < 4.78 is 11.8. The maximum Gasteiger partial charge on any atom is 0.257 e. The fraction of sp³-hybridized carbons (Fsp3) is 0.120. The molecular weight excluding hydrogens is 408 g/mol. The average molecular weight is 429 g/mol. The van der Waals surface area contributed by atoms with Crippen molar-refractivity contribution in [2.75, 3.05) is 11.7 Å². The molecule has 1 aromatic heterocycles. The number of para-hydroxylation sites is 2. The molecule has 0 bridgehead atoms. The molecule has 4 aromatic rings. The van der Waals surface area contributed by atoms with E-state index in [-0.39, 0.29) is 12.7 Å². The Labute approximate surface area is 184 Å². The van der Waals surface area contributed by atoms with Crippen molar-refractivity contribution in [2.45, 2.75) is 13.8 Å². The van der Waals surface area contributed by atoms with Crippen LogP contribution < -0.4 is 14.4 Å². The first-order valence-electron chi connectivity index (χ1n) is 9.94. The number of anilines is 2. The number of hydrogen-bond acceptors (Lipinski definition) is 5. The number of fused-ring (bicyclic) bond motifs is 2. The highest BCUT2D eigenvalue weighted by molar-refractivity contribution is 7.22. The Morgan fingerprint density at radius 1 is 1.00 bits per heavy atom. The molecule has 0 aliphatic carbocycles. The molecule has 0 saturated carbocycles. The van der Waals surface area contributed by atoms with Gasteiger partial charge in [0.15, 0.2) is 16.6 Å². The van der Waals surface area contributed by atoms with Gasteiger partial charge in [-0.3, -0.25) is 9.69 Å². The molecule has 3 aromatic carbocycles. The summed E-state index contributed by atoms with van der Waals surface area (Å²) in [6.07, 6.45) is 3.37. The van der Waals surface area contributed by atoms with Gasteiger partial charge in [0.05, 0.1) is 15.9 Å². The number of amides is 1. The molecular formula is C25H20N2O3S. The smallest absolute Gasteiger partial charge is 0.257 e. The van der Waals surface area contributed by atoms with E-state index in [4.69, 9.17) is 14.5 Å². The lowest BCUT2D eigenvalue weighted by atomic mass is 10.1. The number of nitrogens with zero attached hydrogens (tertiary/aromatic N) is 2. The summed E-state index contributed by atoms with van der Waals surface area (Å²) in [5, 5.41) is 0.652. The molecule has 1 aliphatic heterocycles. The van der Waals surface area contributed by atoms with Crippen LogP contribution in [-0.4, -0.2) is 17.7 Å². The molecule has 1 amide bonds. The first-order chi connectivity index (χ1) is 15.1. The second-order valence-corrected chi connectivity index (χ2v) is 8.33. The molecule has 0 radical (unpaired) electrons. The molecule has 6 heteroatoms. The summed E-state index contributed by atoms with van der Waals surface area (Å²) in [5.41, 5.74) is 4.64. The molecule has 2 heterocycles. The van der Waals surface area contributed by atoms with Crippen molar-refractivity contribution in [1.82, 2.24) is 4.98 Å². The van der Waals surface area contributed by atoms with Gasteiger partial charge in [-0.2, -0.15) is 0 Å². The van der Waals surface area contributed by atoms with Crippen molar-refractivity contribution in [2.24, 2.45) is 0 Å². The van der Waals surface area contributed by atoms with E-state index in [1.54, 1.807) is 17.1 Å². The summed E-state index contributed by atoms with van der Waals surface area (Å²) in [4.78, 5) is 19.9. The minimum absolute atomic E-state index is 0.158. The van der Waals surface area contributed by atoms with Crippen molar-refractivity contribution in [3.05, 3.63) is 83.4 Å². The summed E-state index contributed by atoms with van der Waals surface area (Å²) in [5.74, 6) is 1.25. The standard InChI is InChI=1S/C25H20N2O3S/c1-16-6-5-7-17(2)24(16)27(25-26-19-8-3-4-9-22(19)31-25)23(28)13-11-18-10-12-20-21(14-18)30-15-29-20/h3-14H,15H2,1-2H3. The molecule has 154 valence electrons. The van der Waals surface area contributed by atoms with Gasteiger partial charge >= 0.3 is 0 Å². The lowest BCUT2D eigenvalue weighted by Gasteiger charge is -2.22. The SMILES string of the molecule is Cc1cccc(C)c1N(C(=O)C=Cc1ccc2c(c1)OCO2)c1nc2ccccc2s1. The highest BCUT2D eigenvalue weighted by Crippen LogP contribution is 2.37. The van der Waals surface area contributed by atoms with E-state index in [0.29, 0.717) is 10.9 Å². The van der Waals surface area contributed by atoms with Gasteiger partial charge in [-0.15, -0.1) is 0 Å². The number of benzene rings is 3. The zero-order valence-electron chi connectivity index (χ0n) is 17.2. The monoisotopic (exact) mass is 428 g/mol. The largest absolute Gasteiger partial charge is 0.454 e. The zero-order valence-corrected chi connectivity index (χ0v) is 18.0. The fourth-order valence-corrected chi connectivity index (χ4v) is 4.65. The summed E-state index contributed by atoms with van der Waals surface area (Å²) in [7, 11) is 0. The Hall–Kier alpha value is -3.64. The molecule has 1 aliphatic rings. The molecule has 0 atom stereocenters. The molecule has 0 unspecified atom stereocenters. The Morgan fingerprint density at radius 2 is 1.77 bits per heavy atom. The van der Waals surface area contributed by atoms with Crippen molar-refractivity contribution in [3.8, 4) is 11.5 Å². The van der Waals surface area contributed by atoms with Gasteiger partial charge in [-0.25, -0.2) is 4.98 Å². The Morgan fingerprint density at radius 3 is 2.58 bits per heavy atom. The third-order valence-corrected chi connectivity index (χ3v) is 6.19. The lowest BCUT2D eigenvalue weighted by molar-refractivity contribution is -0.113. The molecule has 0 spiro atoms. The Balaban J connectivity index is 1.56. The zero-order chi connectivity index (χ0) is 21.4. The van der Waals surface area contributed by atoms with E-state index in [1.165, 1.54) is 11.3 Å². The average Bonchev–Trinajstić information content (AvgIpc) is 3.40. The fourth-order valence-electron chi connectivity index (χ4n) is 3.67. The third kappa shape index (κ3) is 3.66. The molecule has 0 saturated heterocycles. The topological polar surface area (TPSA) is 51.7 Å². The van der Waals surface area contributed by atoms with Gasteiger partial charge in [0.25, 0.3) is 5.91 Å². The van der Waals surface area contributed by atoms with Gasteiger partial charge in [-0.05, 0) is 60.9 Å². The number of ether oxygens (including phenoxy) is 2. The van der Waals surface area contributed by atoms with Crippen LogP contribution >= 0.6 is 11.3 Å². The predicted octanol–water partition coefficient (Wildman–Crippen LogP) is 6.02.